The van der Waals surface area contributed by atoms with Crippen LogP contribution in [0.15, 0.2) is 24.3 Å². The molecule has 3 rings (SSSR count). The van der Waals surface area contributed by atoms with Crippen molar-refractivity contribution >= 4 is 5.78 Å². The van der Waals surface area contributed by atoms with Crippen molar-refractivity contribution in [3.8, 4) is 5.75 Å². The Balaban J connectivity index is 1.77. The average molecular weight is 284 g/mol. The average Bonchev–Trinajstić information content (AvgIpc) is 2.90. The first kappa shape index (κ1) is 13.5. The predicted octanol–water partition coefficient (Wildman–Crippen LogP) is 3.99. The normalized spacial score (nSPS) is 24.8. The Bertz CT molecular complexity index is 530. The number of Topliss-reactive ketones (excluding diaryl/α,β-unsaturated/α-hetero) is 1. The fourth-order valence-electron chi connectivity index (χ4n) is 3.29. The number of ether oxygens (including phenoxy) is 1. The maximum atomic E-state index is 12.6. The smallest absolute Gasteiger partial charge is 0.416 e. The van der Waals surface area contributed by atoms with Crippen LogP contribution in [0.3, 0.4) is 0 Å². The topological polar surface area (TPSA) is 26.3 Å². The molecule has 2 saturated carbocycles. The van der Waals surface area contributed by atoms with Gasteiger partial charge in [-0.2, -0.15) is 13.2 Å². The minimum atomic E-state index is -4.38. The van der Waals surface area contributed by atoms with Gasteiger partial charge in [-0.25, -0.2) is 0 Å². The molecule has 2 nitrogen and oxygen atoms in total. The third kappa shape index (κ3) is 2.09. The van der Waals surface area contributed by atoms with Gasteiger partial charge in [-0.1, -0.05) is 18.9 Å². The molecule has 2 aliphatic carbocycles. The largest absolute Gasteiger partial charge is 0.489 e. The zero-order valence-corrected chi connectivity index (χ0v) is 10.9. The van der Waals surface area contributed by atoms with Crippen LogP contribution in [-0.4, -0.2) is 11.9 Å². The molecule has 0 heterocycles. The predicted molar refractivity (Wildman–Crippen MR) is 66.4 cm³/mol. The van der Waals surface area contributed by atoms with Crippen molar-refractivity contribution in [2.24, 2.45) is 5.41 Å². The number of carbonyl (C=O) groups excluding carboxylic acids is 1. The highest BCUT2D eigenvalue weighted by atomic mass is 19.4. The van der Waals surface area contributed by atoms with Crippen molar-refractivity contribution in [2.45, 2.75) is 44.4 Å². The lowest BCUT2D eigenvalue weighted by Gasteiger charge is -2.44. The standard InChI is InChI=1S/C15H15F3O2/c16-15(17,18)10-4-3-5-11(8-10)20-13-9-12(19)14(13)6-1-2-7-14/h3-5,8,13H,1-2,6-7,9H2. The summed E-state index contributed by atoms with van der Waals surface area (Å²) in [6.45, 7) is 0. The Hall–Kier alpha value is -1.52. The summed E-state index contributed by atoms with van der Waals surface area (Å²) in [6, 6.07) is 4.87. The number of halogens is 3. The quantitative estimate of drug-likeness (QED) is 0.821. The number of ketones is 1. The summed E-state index contributed by atoms with van der Waals surface area (Å²) in [7, 11) is 0. The van der Waals surface area contributed by atoms with E-state index in [-0.39, 0.29) is 17.6 Å². The van der Waals surface area contributed by atoms with Crippen molar-refractivity contribution in [1.82, 2.24) is 0 Å². The van der Waals surface area contributed by atoms with E-state index in [9.17, 15) is 18.0 Å². The lowest BCUT2D eigenvalue weighted by molar-refractivity contribution is -0.152. The first-order chi connectivity index (χ1) is 9.42. The maximum Gasteiger partial charge on any atom is 0.416 e. The van der Waals surface area contributed by atoms with E-state index in [1.165, 1.54) is 12.1 Å². The highest BCUT2D eigenvalue weighted by molar-refractivity contribution is 5.92. The van der Waals surface area contributed by atoms with Gasteiger partial charge in [0.2, 0.25) is 0 Å². The molecular weight excluding hydrogens is 269 g/mol. The van der Waals surface area contributed by atoms with Crippen LogP contribution < -0.4 is 4.74 Å². The summed E-state index contributed by atoms with van der Waals surface area (Å²) in [4.78, 5) is 11.8. The number of carbonyl (C=O) groups is 1. The van der Waals surface area contributed by atoms with Crippen molar-refractivity contribution in [3.05, 3.63) is 29.8 Å². The van der Waals surface area contributed by atoms with Gasteiger partial charge in [0.05, 0.1) is 11.0 Å². The molecular formula is C15H15F3O2. The van der Waals surface area contributed by atoms with Crippen LogP contribution in [0.5, 0.6) is 5.75 Å². The lowest BCUT2D eigenvalue weighted by Crippen LogP contribution is -2.55. The Morgan fingerprint density at radius 1 is 1.20 bits per heavy atom. The SMILES string of the molecule is O=C1CC(Oc2cccc(C(F)(F)F)c2)C12CCCC2. The number of rotatable bonds is 2. The summed E-state index contributed by atoms with van der Waals surface area (Å²) in [5.74, 6) is 0.399. The molecule has 0 aromatic heterocycles. The second kappa shape index (κ2) is 4.50. The van der Waals surface area contributed by atoms with E-state index in [2.05, 4.69) is 0 Å². The summed E-state index contributed by atoms with van der Waals surface area (Å²) in [5, 5.41) is 0. The minimum Gasteiger partial charge on any atom is -0.489 e. The molecule has 2 aliphatic rings. The molecule has 0 radical (unpaired) electrons. The fourth-order valence-corrected chi connectivity index (χ4v) is 3.29. The molecule has 0 bridgehead atoms. The molecule has 1 atom stereocenters. The number of alkyl halides is 3. The van der Waals surface area contributed by atoms with Crippen molar-refractivity contribution in [2.75, 3.05) is 0 Å². The molecule has 1 aromatic carbocycles. The molecule has 5 heteroatoms. The van der Waals surface area contributed by atoms with Crippen LogP contribution in [0.1, 0.15) is 37.7 Å². The van der Waals surface area contributed by atoms with Crippen LogP contribution in [0.25, 0.3) is 0 Å². The molecule has 0 N–H and O–H groups in total. The van der Waals surface area contributed by atoms with Crippen LogP contribution in [-0.2, 0) is 11.0 Å². The Kier molecular flexibility index (Phi) is 3.03. The molecule has 1 unspecified atom stereocenters. The Morgan fingerprint density at radius 3 is 2.50 bits per heavy atom. The van der Waals surface area contributed by atoms with Gasteiger partial charge < -0.3 is 4.74 Å². The van der Waals surface area contributed by atoms with E-state index in [4.69, 9.17) is 4.74 Å². The molecule has 0 saturated heterocycles. The number of hydrogen-bond donors (Lipinski definition) is 0. The zero-order valence-electron chi connectivity index (χ0n) is 10.9. The highest BCUT2D eigenvalue weighted by Crippen LogP contribution is 2.52. The van der Waals surface area contributed by atoms with Gasteiger partial charge in [0.15, 0.2) is 0 Å². The summed E-state index contributed by atoms with van der Waals surface area (Å²) in [6.07, 6.45) is -0.732. The van der Waals surface area contributed by atoms with E-state index in [0.29, 0.717) is 6.42 Å². The van der Waals surface area contributed by atoms with E-state index in [1.807, 2.05) is 0 Å². The van der Waals surface area contributed by atoms with E-state index in [0.717, 1.165) is 37.8 Å². The van der Waals surface area contributed by atoms with Gasteiger partial charge >= 0.3 is 6.18 Å². The van der Waals surface area contributed by atoms with Gasteiger partial charge in [-0.15, -0.1) is 0 Å². The molecule has 108 valence electrons. The van der Waals surface area contributed by atoms with Crippen molar-refractivity contribution < 1.29 is 22.7 Å². The molecule has 1 spiro atoms. The number of benzene rings is 1. The van der Waals surface area contributed by atoms with E-state index < -0.39 is 17.2 Å². The van der Waals surface area contributed by atoms with Gasteiger partial charge in [0.1, 0.15) is 17.6 Å². The Labute approximate surface area is 114 Å². The molecule has 0 aliphatic heterocycles. The summed E-state index contributed by atoms with van der Waals surface area (Å²) >= 11 is 0. The van der Waals surface area contributed by atoms with E-state index >= 15 is 0 Å². The van der Waals surface area contributed by atoms with Crippen molar-refractivity contribution in [1.29, 1.82) is 0 Å². The number of hydrogen-bond acceptors (Lipinski definition) is 2. The summed E-state index contributed by atoms with van der Waals surface area (Å²) in [5.41, 5.74) is -1.14. The van der Waals surface area contributed by atoms with Gasteiger partial charge in [0.25, 0.3) is 0 Å². The van der Waals surface area contributed by atoms with Crippen LogP contribution in [0.2, 0.25) is 0 Å². The molecule has 20 heavy (non-hydrogen) atoms. The zero-order chi connectivity index (χ0) is 14.4. The maximum absolute atomic E-state index is 12.6. The van der Waals surface area contributed by atoms with Crippen molar-refractivity contribution in [3.63, 3.8) is 0 Å². The first-order valence-electron chi connectivity index (χ1n) is 6.79. The molecule has 1 aromatic rings. The highest BCUT2D eigenvalue weighted by Gasteiger charge is 2.57. The molecule has 0 amide bonds. The van der Waals surface area contributed by atoms with Crippen LogP contribution in [0.4, 0.5) is 13.2 Å². The molecule has 2 fully saturated rings. The third-order valence-corrected chi connectivity index (χ3v) is 4.48. The van der Waals surface area contributed by atoms with Gasteiger partial charge in [-0.3, -0.25) is 4.79 Å². The van der Waals surface area contributed by atoms with Crippen LogP contribution in [0, 0.1) is 5.41 Å². The minimum absolute atomic E-state index is 0.198. The second-order valence-corrected chi connectivity index (χ2v) is 5.62. The van der Waals surface area contributed by atoms with Gasteiger partial charge in [-0.05, 0) is 31.0 Å². The van der Waals surface area contributed by atoms with Crippen LogP contribution >= 0.6 is 0 Å². The second-order valence-electron chi connectivity index (χ2n) is 5.62. The monoisotopic (exact) mass is 284 g/mol. The Morgan fingerprint density at radius 2 is 1.90 bits per heavy atom. The summed E-state index contributed by atoms with van der Waals surface area (Å²) < 4.78 is 43.6. The fraction of sp³-hybridized carbons (Fsp3) is 0.533. The third-order valence-electron chi connectivity index (χ3n) is 4.48. The first-order valence-corrected chi connectivity index (χ1v) is 6.79. The van der Waals surface area contributed by atoms with Gasteiger partial charge in [0, 0.05) is 6.42 Å². The van der Waals surface area contributed by atoms with E-state index in [1.54, 1.807) is 0 Å². The lowest BCUT2D eigenvalue weighted by atomic mass is 9.63.